The molecule has 4 rings (SSSR count). The maximum atomic E-state index is 13.5. The van der Waals surface area contributed by atoms with Crippen LogP contribution in [0.1, 0.15) is 31.0 Å². The van der Waals surface area contributed by atoms with Crippen LogP contribution >= 0.6 is 34.5 Å². The van der Waals surface area contributed by atoms with Gasteiger partial charge in [0.25, 0.3) is 5.56 Å². The van der Waals surface area contributed by atoms with Gasteiger partial charge < -0.3 is 4.74 Å². The number of hydrogen-bond donors (Lipinski definition) is 0. The number of allylic oxidation sites excluding steroid dienone is 1. The van der Waals surface area contributed by atoms with Gasteiger partial charge in [-0.15, -0.1) is 0 Å². The van der Waals surface area contributed by atoms with Crippen molar-refractivity contribution in [1.82, 2.24) is 4.57 Å². The molecule has 5 nitrogen and oxygen atoms in total. The monoisotopic (exact) mass is 472 g/mol. The molecule has 0 N–H and O–H groups in total. The largest absolute Gasteiger partial charge is 0.463 e. The van der Waals surface area contributed by atoms with E-state index in [0.717, 1.165) is 5.56 Å². The van der Waals surface area contributed by atoms with Crippen LogP contribution in [0.25, 0.3) is 6.08 Å². The molecule has 8 heteroatoms. The van der Waals surface area contributed by atoms with E-state index in [1.165, 1.54) is 15.9 Å². The van der Waals surface area contributed by atoms with Crippen molar-refractivity contribution >= 4 is 46.6 Å². The van der Waals surface area contributed by atoms with Crippen molar-refractivity contribution in [2.24, 2.45) is 4.99 Å². The molecule has 31 heavy (non-hydrogen) atoms. The van der Waals surface area contributed by atoms with E-state index in [0.29, 0.717) is 36.2 Å². The number of halogens is 2. The normalized spacial score (nSPS) is 16.1. The highest BCUT2D eigenvalue weighted by molar-refractivity contribution is 7.07. The van der Waals surface area contributed by atoms with E-state index in [4.69, 9.17) is 27.9 Å². The lowest BCUT2D eigenvalue weighted by atomic mass is 9.96. The van der Waals surface area contributed by atoms with Crippen LogP contribution in [-0.2, 0) is 9.53 Å². The third-order valence-corrected chi connectivity index (χ3v) is 6.55. The van der Waals surface area contributed by atoms with Gasteiger partial charge >= 0.3 is 5.97 Å². The quantitative estimate of drug-likeness (QED) is 0.536. The zero-order valence-electron chi connectivity index (χ0n) is 16.8. The van der Waals surface area contributed by atoms with Gasteiger partial charge in [-0.3, -0.25) is 9.36 Å². The van der Waals surface area contributed by atoms with E-state index in [2.05, 4.69) is 4.99 Å². The van der Waals surface area contributed by atoms with Crippen molar-refractivity contribution in [1.29, 1.82) is 0 Å². The molecule has 0 fully saturated rings. The summed E-state index contributed by atoms with van der Waals surface area (Å²) in [6, 6.07) is 13.9. The van der Waals surface area contributed by atoms with Crippen LogP contribution in [0.5, 0.6) is 0 Å². The summed E-state index contributed by atoms with van der Waals surface area (Å²) in [5.74, 6) is -0.485. The Labute approximate surface area is 192 Å². The van der Waals surface area contributed by atoms with Gasteiger partial charge in [0.15, 0.2) is 4.80 Å². The zero-order valence-corrected chi connectivity index (χ0v) is 19.1. The lowest BCUT2D eigenvalue weighted by Crippen LogP contribution is -2.39. The predicted molar refractivity (Wildman–Crippen MR) is 123 cm³/mol. The number of hydrogen-bond acceptors (Lipinski definition) is 5. The molecule has 2 aromatic carbocycles. The standard InChI is InChI=1S/C23H18Cl2N2O3S/c1-3-30-22(29)19-13(2)26-23-27(20(19)14-8-5-4-6-9-14)21(28)18(31-23)12-15-16(24)10-7-11-17(15)25/h4-12,20H,3H2,1-2H3. The molecule has 3 aromatic rings. The van der Waals surface area contributed by atoms with Crippen LogP contribution in [0.2, 0.25) is 10.0 Å². The summed E-state index contributed by atoms with van der Waals surface area (Å²) in [7, 11) is 0. The summed E-state index contributed by atoms with van der Waals surface area (Å²) in [4.78, 5) is 31.3. The molecule has 0 aliphatic carbocycles. The Kier molecular flexibility index (Phi) is 6.14. The van der Waals surface area contributed by atoms with Gasteiger partial charge in [0.1, 0.15) is 0 Å². The van der Waals surface area contributed by atoms with Gasteiger partial charge in [0, 0.05) is 15.6 Å². The number of esters is 1. The van der Waals surface area contributed by atoms with Crippen molar-refractivity contribution in [2.45, 2.75) is 19.9 Å². The summed E-state index contributed by atoms with van der Waals surface area (Å²) in [5.41, 5.74) is 1.96. The summed E-state index contributed by atoms with van der Waals surface area (Å²) >= 11 is 13.8. The molecule has 0 spiro atoms. The Hall–Kier alpha value is -2.67. The minimum atomic E-state index is -0.639. The average molecular weight is 473 g/mol. The molecule has 158 valence electrons. The van der Waals surface area contributed by atoms with Gasteiger partial charge in [-0.2, -0.15) is 0 Å². The van der Waals surface area contributed by atoms with Gasteiger partial charge in [-0.05, 0) is 37.6 Å². The van der Waals surface area contributed by atoms with Crippen molar-refractivity contribution in [3.8, 4) is 0 Å². The van der Waals surface area contributed by atoms with Crippen LogP contribution in [0.4, 0.5) is 0 Å². The lowest BCUT2D eigenvalue weighted by molar-refractivity contribution is -0.139. The second-order valence-corrected chi connectivity index (χ2v) is 8.67. The van der Waals surface area contributed by atoms with Crippen LogP contribution < -0.4 is 14.9 Å². The molecular formula is C23H18Cl2N2O3S. The molecule has 1 aromatic heterocycles. The molecule has 1 aliphatic heterocycles. The number of benzene rings is 2. The molecule has 1 atom stereocenters. The second-order valence-electron chi connectivity index (χ2n) is 6.85. The Morgan fingerprint density at radius 3 is 2.48 bits per heavy atom. The highest BCUT2D eigenvalue weighted by atomic mass is 35.5. The van der Waals surface area contributed by atoms with Gasteiger partial charge in [0.05, 0.1) is 28.5 Å². The highest BCUT2D eigenvalue weighted by Crippen LogP contribution is 2.30. The minimum Gasteiger partial charge on any atom is -0.463 e. The van der Waals surface area contributed by atoms with Gasteiger partial charge in [-0.1, -0.05) is 70.9 Å². The molecule has 0 amide bonds. The first kappa shape index (κ1) is 21.6. The average Bonchev–Trinajstić information content (AvgIpc) is 3.05. The Balaban J connectivity index is 1.99. The number of aromatic nitrogens is 1. The molecule has 1 aliphatic rings. The van der Waals surface area contributed by atoms with Crippen molar-refractivity contribution in [2.75, 3.05) is 6.61 Å². The molecular weight excluding hydrogens is 455 g/mol. The number of fused-ring (bicyclic) bond motifs is 1. The summed E-state index contributed by atoms with van der Waals surface area (Å²) in [6.07, 6.45) is 1.67. The SMILES string of the molecule is CCOC(=O)C1=C(C)N=c2sc(=Cc3c(Cl)cccc3Cl)c(=O)n2C1c1ccccc1. The van der Waals surface area contributed by atoms with Crippen molar-refractivity contribution in [3.05, 3.63) is 101 Å². The van der Waals surface area contributed by atoms with E-state index in [1.807, 2.05) is 30.3 Å². The third kappa shape index (κ3) is 3.99. The number of thiazole rings is 1. The zero-order chi connectivity index (χ0) is 22.1. The summed E-state index contributed by atoms with van der Waals surface area (Å²) in [5, 5.41) is 0.891. The molecule has 1 unspecified atom stereocenters. The first-order valence-electron chi connectivity index (χ1n) is 9.61. The molecule has 0 saturated carbocycles. The molecule has 0 saturated heterocycles. The first-order valence-corrected chi connectivity index (χ1v) is 11.2. The smallest absolute Gasteiger partial charge is 0.338 e. The Morgan fingerprint density at radius 2 is 1.84 bits per heavy atom. The van der Waals surface area contributed by atoms with Crippen molar-refractivity contribution in [3.63, 3.8) is 0 Å². The molecule has 0 radical (unpaired) electrons. The van der Waals surface area contributed by atoms with Crippen molar-refractivity contribution < 1.29 is 9.53 Å². The van der Waals surface area contributed by atoms with Crippen LogP contribution in [-0.4, -0.2) is 17.1 Å². The van der Waals surface area contributed by atoms with Crippen LogP contribution in [0.15, 0.2) is 69.6 Å². The number of carbonyl (C=O) groups excluding carboxylic acids is 1. The Morgan fingerprint density at radius 1 is 1.16 bits per heavy atom. The number of nitrogens with zero attached hydrogens (tertiary/aromatic N) is 2. The van der Waals surface area contributed by atoms with Crippen LogP contribution in [0.3, 0.4) is 0 Å². The highest BCUT2D eigenvalue weighted by Gasteiger charge is 2.33. The first-order chi connectivity index (χ1) is 14.9. The molecule has 2 heterocycles. The number of rotatable bonds is 4. The minimum absolute atomic E-state index is 0.229. The molecule has 0 bridgehead atoms. The Bertz CT molecular complexity index is 1350. The maximum Gasteiger partial charge on any atom is 0.338 e. The topological polar surface area (TPSA) is 60.7 Å². The number of carbonyl (C=O) groups is 1. The van der Waals surface area contributed by atoms with Gasteiger partial charge in [0.2, 0.25) is 0 Å². The van der Waals surface area contributed by atoms with E-state index in [9.17, 15) is 9.59 Å². The fraction of sp³-hybridized carbons (Fsp3) is 0.174. The third-order valence-electron chi connectivity index (χ3n) is 4.91. The van der Waals surface area contributed by atoms with E-state index in [-0.39, 0.29) is 12.2 Å². The lowest BCUT2D eigenvalue weighted by Gasteiger charge is -2.24. The van der Waals surface area contributed by atoms with E-state index >= 15 is 0 Å². The fourth-order valence-corrected chi connectivity index (χ4v) is 5.06. The summed E-state index contributed by atoms with van der Waals surface area (Å²) in [6.45, 7) is 3.73. The fourth-order valence-electron chi connectivity index (χ4n) is 3.52. The van der Waals surface area contributed by atoms with Gasteiger partial charge in [-0.25, -0.2) is 9.79 Å². The van der Waals surface area contributed by atoms with E-state index < -0.39 is 12.0 Å². The predicted octanol–water partition coefficient (Wildman–Crippen LogP) is 4.11. The van der Waals surface area contributed by atoms with Crippen LogP contribution in [0, 0.1) is 0 Å². The van der Waals surface area contributed by atoms with E-state index in [1.54, 1.807) is 38.1 Å². The number of ether oxygens (including phenoxy) is 1. The summed E-state index contributed by atoms with van der Waals surface area (Å²) < 4.78 is 7.24. The maximum absolute atomic E-state index is 13.5. The second kappa shape index (κ2) is 8.83.